The number of nitrogens with zero attached hydrogens (tertiary/aromatic N) is 2. The van der Waals surface area contributed by atoms with Crippen molar-refractivity contribution in [3.63, 3.8) is 0 Å². The Kier molecular flexibility index (Phi) is 5.29. The van der Waals surface area contributed by atoms with Crippen molar-refractivity contribution in [1.29, 1.82) is 0 Å². The summed E-state index contributed by atoms with van der Waals surface area (Å²) < 4.78 is 1.56. The molecule has 5 nitrogen and oxygen atoms in total. The normalized spacial score (nSPS) is 10.8. The number of nitrogens with one attached hydrogen (secondary N) is 1. The van der Waals surface area contributed by atoms with E-state index in [-0.39, 0.29) is 11.5 Å². The molecule has 0 spiro atoms. The van der Waals surface area contributed by atoms with Crippen LogP contribution in [0.3, 0.4) is 0 Å². The fourth-order valence-corrected chi connectivity index (χ4v) is 3.92. The minimum Gasteiger partial charge on any atom is -0.322 e. The van der Waals surface area contributed by atoms with Crippen molar-refractivity contribution >= 4 is 22.5 Å². The number of amides is 1. The lowest BCUT2D eigenvalue weighted by Gasteiger charge is -2.13. The van der Waals surface area contributed by atoms with Gasteiger partial charge in [-0.15, -0.1) is 0 Å². The molecule has 1 aromatic heterocycles. The number of benzene rings is 4. The Morgan fingerprint density at radius 1 is 0.788 bits per heavy atom. The Morgan fingerprint density at radius 3 is 2.27 bits per heavy atom. The maximum atomic E-state index is 13.1. The number of hydrogen-bond donors (Lipinski definition) is 1. The summed E-state index contributed by atoms with van der Waals surface area (Å²) in [7, 11) is 0. The van der Waals surface area contributed by atoms with Crippen molar-refractivity contribution in [1.82, 2.24) is 9.55 Å². The zero-order valence-corrected chi connectivity index (χ0v) is 18.0. The van der Waals surface area contributed by atoms with Gasteiger partial charge in [-0.2, -0.15) is 0 Å². The lowest BCUT2D eigenvalue weighted by Crippen LogP contribution is -2.22. The van der Waals surface area contributed by atoms with Gasteiger partial charge < -0.3 is 5.32 Å². The van der Waals surface area contributed by atoms with Gasteiger partial charge in [0.15, 0.2) is 0 Å². The molecular formula is C28H21N3O2. The molecule has 4 aromatic carbocycles. The van der Waals surface area contributed by atoms with Crippen molar-refractivity contribution in [3.05, 3.63) is 125 Å². The van der Waals surface area contributed by atoms with Gasteiger partial charge in [-0.05, 0) is 60.5 Å². The van der Waals surface area contributed by atoms with E-state index < -0.39 is 0 Å². The number of carbonyl (C=O) groups is 1. The molecule has 0 saturated carbocycles. The van der Waals surface area contributed by atoms with Crippen LogP contribution in [-0.4, -0.2) is 15.5 Å². The van der Waals surface area contributed by atoms with Crippen LogP contribution in [0, 0.1) is 6.92 Å². The van der Waals surface area contributed by atoms with Crippen LogP contribution in [0.2, 0.25) is 0 Å². The summed E-state index contributed by atoms with van der Waals surface area (Å²) >= 11 is 0. The Labute approximate surface area is 191 Å². The maximum absolute atomic E-state index is 13.1. The van der Waals surface area contributed by atoms with E-state index in [4.69, 9.17) is 0 Å². The van der Waals surface area contributed by atoms with Gasteiger partial charge in [0.2, 0.25) is 0 Å². The first kappa shape index (κ1) is 20.4. The second-order valence-electron chi connectivity index (χ2n) is 7.76. The molecular weight excluding hydrogens is 410 g/mol. The molecule has 160 valence electrons. The molecule has 0 fully saturated rings. The highest BCUT2D eigenvalue weighted by Crippen LogP contribution is 2.21. The third-order valence-corrected chi connectivity index (χ3v) is 5.56. The van der Waals surface area contributed by atoms with E-state index in [9.17, 15) is 9.59 Å². The van der Waals surface area contributed by atoms with Crippen LogP contribution in [0.15, 0.2) is 108 Å². The Bertz CT molecular complexity index is 1520. The molecule has 1 N–H and O–H groups in total. The van der Waals surface area contributed by atoms with Crippen LogP contribution in [-0.2, 0) is 0 Å². The van der Waals surface area contributed by atoms with E-state index in [2.05, 4.69) is 10.3 Å². The molecule has 0 unspecified atom stereocenters. The fraction of sp³-hybridized carbons (Fsp3) is 0.0357. The average Bonchev–Trinajstić information content (AvgIpc) is 2.85. The largest absolute Gasteiger partial charge is 0.322 e. The molecule has 0 bridgehead atoms. The van der Waals surface area contributed by atoms with Crippen LogP contribution in [0.5, 0.6) is 0 Å². The highest BCUT2D eigenvalue weighted by Gasteiger charge is 2.11. The molecule has 0 aliphatic rings. The average molecular weight is 431 g/mol. The summed E-state index contributed by atoms with van der Waals surface area (Å²) in [6.07, 6.45) is 0. The molecule has 0 atom stereocenters. The second-order valence-corrected chi connectivity index (χ2v) is 7.76. The van der Waals surface area contributed by atoms with Gasteiger partial charge in [0.05, 0.1) is 16.6 Å². The van der Waals surface area contributed by atoms with Gasteiger partial charge >= 0.3 is 0 Å². The SMILES string of the molecule is Cc1nc2ccccc2c(=O)n1-c1cccc(NC(=O)c2ccc(-c3ccccc3)cc2)c1. The van der Waals surface area contributed by atoms with Crippen LogP contribution >= 0.6 is 0 Å². The number of aromatic nitrogens is 2. The molecule has 5 rings (SSSR count). The zero-order valence-electron chi connectivity index (χ0n) is 18.0. The molecule has 0 saturated heterocycles. The van der Waals surface area contributed by atoms with Crippen molar-refractivity contribution < 1.29 is 4.79 Å². The minimum absolute atomic E-state index is 0.141. The van der Waals surface area contributed by atoms with Crippen molar-refractivity contribution in [2.75, 3.05) is 5.32 Å². The highest BCUT2D eigenvalue weighted by atomic mass is 16.1. The first-order valence-corrected chi connectivity index (χ1v) is 10.7. The van der Waals surface area contributed by atoms with E-state index in [1.54, 1.807) is 29.7 Å². The van der Waals surface area contributed by atoms with Crippen LogP contribution in [0.25, 0.3) is 27.7 Å². The van der Waals surface area contributed by atoms with Crippen LogP contribution < -0.4 is 10.9 Å². The third-order valence-electron chi connectivity index (χ3n) is 5.56. The van der Waals surface area contributed by atoms with Crippen LogP contribution in [0.4, 0.5) is 5.69 Å². The zero-order chi connectivity index (χ0) is 22.8. The van der Waals surface area contributed by atoms with E-state index >= 15 is 0 Å². The molecule has 1 amide bonds. The van der Waals surface area contributed by atoms with Crippen molar-refractivity contribution in [2.24, 2.45) is 0 Å². The number of aryl methyl sites for hydroxylation is 1. The van der Waals surface area contributed by atoms with Gasteiger partial charge in [-0.25, -0.2) is 4.98 Å². The monoisotopic (exact) mass is 431 g/mol. The molecule has 5 aromatic rings. The van der Waals surface area contributed by atoms with Gasteiger partial charge in [0.1, 0.15) is 5.82 Å². The topological polar surface area (TPSA) is 64.0 Å². The molecule has 5 heteroatoms. The summed E-state index contributed by atoms with van der Waals surface area (Å²) in [5.74, 6) is 0.367. The van der Waals surface area contributed by atoms with Gasteiger partial charge in [-0.1, -0.05) is 60.7 Å². The van der Waals surface area contributed by atoms with Gasteiger partial charge in [0, 0.05) is 11.3 Å². The summed E-state index contributed by atoms with van der Waals surface area (Å²) in [5, 5.41) is 3.48. The number of fused-ring (bicyclic) bond motifs is 1. The van der Waals surface area contributed by atoms with Gasteiger partial charge in [0.25, 0.3) is 11.5 Å². The number of rotatable bonds is 4. The predicted octanol–water partition coefficient (Wildman–Crippen LogP) is 5.61. The molecule has 0 aliphatic carbocycles. The summed E-state index contributed by atoms with van der Waals surface area (Å²) in [6, 6.07) is 32.0. The molecule has 1 heterocycles. The smallest absolute Gasteiger partial charge is 0.265 e. The van der Waals surface area contributed by atoms with Crippen molar-refractivity contribution in [3.8, 4) is 16.8 Å². The maximum Gasteiger partial charge on any atom is 0.265 e. The number of hydrogen-bond acceptors (Lipinski definition) is 3. The minimum atomic E-state index is -0.215. The standard InChI is InChI=1S/C28H21N3O2/c1-19-29-26-13-6-5-12-25(26)28(33)31(19)24-11-7-10-23(18-24)30-27(32)22-16-14-21(15-17-22)20-8-3-2-4-9-20/h2-18H,1H3,(H,30,32). The number of para-hydroxylation sites is 1. The van der Waals surface area contributed by atoms with E-state index in [1.807, 2.05) is 84.9 Å². The Morgan fingerprint density at radius 2 is 1.48 bits per heavy atom. The number of anilines is 1. The Hall–Kier alpha value is -4.51. The molecule has 33 heavy (non-hydrogen) atoms. The first-order valence-electron chi connectivity index (χ1n) is 10.7. The quantitative estimate of drug-likeness (QED) is 0.402. The second kappa shape index (κ2) is 8.55. The molecule has 0 radical (unpaired) electrons. The van der Waals surface area contributed by atoms with Crippen molar-refractivity contribution in [2.45, 2.75) is 6.92 Å². The van der Waals surface area contributed by atoms with E-state index in [0.29, 0.717) is 33.7 Å². The highest BCUT2D eigenvalue weighted by molar-refractivity contribution is 6.04. The summed E-state index contributed by atoms with van der Waals surface area (Å²) in [4.78, 5) is 30.5. The lowest BCUT2D eigenvalue weighted by molar-refractivity contribution is 0.102. The summed E-state index contributed by atoms with van der Waals surface area (Å²) in [6.45, 7) is 1.80. The number of carbonyl (C=O) groups excluding carboxylic acids is 1. The van der Waals surface area contributed by atoms with E-state index in [0.717, 1.165) is 11.1 Å². The lowest BCUT2D eigenvalue weighted by atomic mass is 10.0. The Balaban J connectivity index is 1.42. The van der Waals surface area contributed by atoms with Crippen LogP contribution in [0.1, 0.15) is 16.2 Å². The van der Waals surface area contributed by atoms with E-state index in [1.165, 1.54) is 0 Å². The third kappa shape index (κ3) is 4.04. The predicted molar refractivity (Wildman–Crippen MR) is 132 cm³/mol. The summed E-state index contributed by atoms with van der Waals surface area (Å²) in [5.41, 5.74) is 4.48. The van der Waals surface area contributed by atoms with Gasteiger partial charge in [-0.3, -0.25) is 14.2 Å². The fourth-order valence-electron chi connectivity index (χ4n) is 3.92. The first-order chi connectivity index (χ1) is 16.1. The molecule has 0 aliphatic heterocycles.